The van der Waals surface area contributed by atoms with Crippen molar-refractivity contribution in [3.05, 3.63) is 201 Å². The van der Waals surface area contributed by atoms with Gasteiger partial charge in [0.1, 0.15) is 6.33 Å². The highest BCUT2D eigenvalue weighted by molar-refractivity contribution is 5.82. The van der Waals surface area contributed by atoms with Crippen molar-refractivity contribution < 1.29 is 23.5 Å². The first kappa shape index (κ1) is 186. The first-order chi connectivity index (χ1) is 59.5. The second kappa shape index (κ2) is 159. The SMILES string of the molecule is C.C.C.C.C.C.C.C.C.C.C1CCOC1.CC.CC.CC.CC.CC.CC.CC.CC.CC.CC.CC(C)C.CC(C)C.CC(C)C.CC(C)C.CC(C)C.CC(C)C.CC(C)C1CCCCC1.CC(C)C1CCOCC1.CC(C)c1cccc2cccnc12.CC(C)c1ccccc1.c1ccc2[nH]ncc2c1.c1ccc2c(c1)OCO2.c1ccncc1.c1cncnc1.c1ncon1. The van der Waals surface area contributed by atoms with Crippen molar-refractivity contribution >= 4 is 21.8 Å². The van der Waals surface area contributed by atoms with Gasteiger partial charge in [-0.1, -0.05) is 521 Å². The lowest BCUT2D eigenvalue weighted by atomic mass is 9.82. The summed E-state index contributed by atoms with van der Waals surface area (Å²) in [6, 6.07) is 44.1. The predicted molar refractivity (Wildman–Crippen MR) is 629 cm³/mol. The smallest absolute Gasteiger partial charge is 0.231 e. The molecule has 3 aliphatic heterocycles. The molecule has 0 amide bonds. The van der Waals surface area contributed by atoms with Crippen LogP contribution in [0.25, 0.3) is 21.8 Å². The van der Waals surface area contributed by atoms with Crippen LogP contribution >= 0.6 is 0 Å². The van der Waals surface area contributed by atoms with Gasteiger partial charge in [0.15, 0.2) is 17.8 Å². The normalized spacial score (nSPS) is 10.4. The molecule has 8 heterocycles. The van der Waals surface area contributed by atoms with E-state index in [2.05, 4.69) is 273 Å². The second-order valence-corrected chi connectivity index (χ2v) is 31.0. The summed E-state index contributed by atoms with van der Waals surface area (Å²) in [7, 11) is 0. The van der Waals surface area contributed by atoms with Crippen LogP contribution < -0.4 is 9.47 Å². The fourth-order valence-electron chi connectivity index (χ4n) is 8.56. The molecule has 4 aliphatic rings. The molecule has 0 spiro atoms. The Balaban J connectivity index is -0.0000000464. The van der Waals surface area contributed by atoms with Crippen LogP contribution in [-0.4, -0.2) is 73.5 Å². The summed E-state index contributed by atoms with van der Waals surface area (Å²) in [5.74, 6) is 11.7. The first-order valence-electron chi connectivity index (χ1n) is 49.0. The Labute approximate surface area is 847 Å². The molecule has 0 radical (unpaired) electrons. The Hall–Kier alpha value is -7.35. The zero-order valence-corrected chi connectivity index (χ0v) is 90.4. The number of aromatic nitrogens is 8. The molecule has 0 atom stereocenters. The number of rotatable bonds is 4. The number of pyridine rings is 2. The van der Waals surface area contributed by atoms with Crippen LogP contribution in [0.5, 0.6) is 11.5 Å². The number of nitrogens with one attached hydrogen (secondary N) is 1. The number of hydrogen-bond donors (Lipinski definition) is 1. The van der Waals surface area contributed by atoms with E-state index in [0.29, 0.717) is 18.6 Å². The average Bonchev–Trinajstić information content (AvgIpc) is 1.39. The summed E-state index contributed by atoms with van der Waals surface area (Å²) in [4.78, 5) is 19.0. The molecule has 134 heavy (non-hydrogen) atoms. The summed E-state index contributed by atoms with van der Waals surface area (Å²) in [6.45, 7) is 101. The minimum absolute atomic E-state index is 0. The van der Waals surface area contributed by atoms with E-state index in [1.807, 2.05) is 230 Å². The number of aromatic amines is 1. The van der Waals surface area contributed by atoms with Gasteiger partial charge < -0.3 is 23.5 Å². The molecule has 0 bridgehead atoms. The Morgan fingerprint density at radius 1 is 0.299 bits per heavy atom. The van der Waals surface area contributed by atoms with E-state index in [-0.39, 0.29) is 74.3 Å². The van der Waals surface area contributed by atoms with Crippen molar-refractivity contribution in [1.82, 2.24) is 40.3 Å². The number of hydrogen-bond acceptors (Lipinski definition) is 12. The Bertz CT molecular complexity index is 2860. The van der Waals surface area contributed by atoms with E-state index in [1.54, 1.807) is 30.9 Å². The summed E-state index contributed by atoms with van der Waals surface area (Å²) in [5, 5.41) is 12.4. The van der Waals surface area contributed by atoms with Crippen LogP contribution in [0.2, 0.25) is 0 Å². The highest BCUT2D eigenvalue weighted by Crippen LogP contribution is 2.31. The molecule has 1 aliphatic carbocycles. The lowest BCUT2D eigenvalue weighted by molar-refractivity contribution is 0.0523. The predicted octanol–water partition coefficient (Wildman–Crippen LogP) is 43.5. The van der Waals surface area contributed by atoms with E-state index in [4.69, 9.17) is 18.9 Å². The zero-order valence-electron chi connectivity index (χ0n) is 90.4. The summed E-state index contributed by atoms with van der Waals surface area (Å²) in [6.07, 6.45) is 27.2. The first-order valence-corrected chi connectivity index (χ1v) is 49.0. The average molecular weight is 1900 g/mol. The summed E-state index contributed by atoms with van der Waals surface area (Å²) >= 11 is 0. The van der Waals surface area contributed by atoms with E-state index in [0.717, 1.165) is 114 Å². The van der Waals surface area contributed by atoms with Crippen molar-refractivity contribution in [3.8, 4) is 11.5 Å². The van der Waals surface area contributed by atoms with Gasteiger partial charge >= 0.3 is 0 Å². The van der Waals surface area contributed by atoms with Gasteiger partial charge in [0.2, 0.25) is 13.2 Å². The molecule has 0 unspecified atom stereocenters. The van der Waals surface area contributed by atoms with Crippen molar-refractivity contribution in [3.63, 3.8) is 0 Å². The number of ether oxygens (including phenoxy) is 4. The number of nitrogens with zero attached hydrogens (tertiary/aromatic N) is 7. The van der Waals surface area contributed by atoms with Gasteiger partial charge in [-0.3, -0.25) is 15.1 Å². The zero-order chi connectivity index (χ0) is 98.6. The third-order valence-electron chi connectivity index (χ3n) is 13.3. The van der Waals surface area contributed by atoms with Crippen LogP contribution in [0.3, 0.4) is 0 Å². The fraction of sp³-hybridized carbons (Fsp3) is 0.678. The standard InChI is InChI=1S/C12H13N.C9H18.C9H12.C8H16O.C7H6N2.C7H6O2.C5H5N.C4H4N2.C4H8O.6C4H10.C2H2N2O.10C2H6.10CH4/c1-9(2)11-7-3-5-10-6-4-8-13-12(10)11;2*1-8(2)9-6-4-3-5-7-9;1-7(2)8-3-5-9-6-4-8;1-2-4-7-6(3-1)5-8-9-7;1-2-4-7-6(3-1)8-5-9-7;1-2-4-6-5-3-1;1-2-5-4-6-3-1;1-2-4-5-3-1;6*1-4(2)3;1-3-2-5-4-1;10*1-2;;;;;;;;;;/h3-9H,1-2H3;8-9H,3-7H2,1-2H3;3-8H,1-2H3;7-8H,3-6H2,1-2H3;1-5H,(H,8,9);1-4H,5H2;1-5H;1-4H;1-4H2;6*4H,1-3H3;1-2H;10*1-2H3;10*1H4. The Kier molecular flexibility index (Phi) is 221. The summed E-state index contributed by atoms with van der Waals surface area (Å²) < 4.78 is 24.6. The van der Waals surface area contributed by atoms with Crippen molar-refractivity contribution in [2.45, 2.75) is 462 Å². The molecular weight excluding hydrogens is 1650 g/mol. The minimum Gasteiger partial charge on any atom is -0.454 e. The molecule has 4 aromatic carbocycles. The third-order valence-corrected chi connectivity index (χ3v) is 13.3. The highest BCUT2D eigenvalue weighted by atomic mass is 16.7. The second-order valence-electron chi connectivity index (χ2n) is 31.0. The maximum atomic E-state index is 5.25. The van der Waals surface area contributed by atoms with Gasteiger partial charge in [0.05, 0.1) is 17.2 Å². The van der Waals surface area contributed by atoms with Gasteiger partial charge in [-0.2, -0.15) is 5.10 Å². The molecule has 5 aromatic heterocycles. The monoisotopic (exact) mass is 1900 g/mol. The van der Waals surface area contributed by atoms with E-state index in [1.165, 1.54) is 93.3 Å². The molecule has 2 saturated heterocycles. The Morgan fingerprint density at radius 2 is 0.642 bits per heavy atom. The number of H-pyrrole nitrogens is 1. The van der Waals surface area contributed by atoms with Crippen molar-refractivity contribution in [2.24, 2.45) is 59.2 Å². The van der Waals surface area contributed by atoms with Crippen molar-refractivity contribution in [2.75, 3.05) is 33.2 Å². The molecule has 804 valence electrons. The van der Waals surface area contributed by atoms with Crippen LogP contribution in [-0.2, 0) is 9.47 Å². The van der Waals surface area contributed by atoms with Gasteiger partial charge in [-0.15, -0.1) is 0 Å². The van der Waals surface area contributed by atoms with Crippen LogP contribution in [0.4, 0.5) is 0 Å². The largest absolute Gasteiger partial charge is 0.454 e. The quantitative estimate of drug-likeness (QED) is 0.178. The van der Waals surface area contributed by atoms with Crippen LogP contribution in [0.15, 0.2) is 194 Å². The topological polar surface area (TPSA) is 156 Å². The maximum absolute atomic E-state index is 5.25. The highest BCUT2D eigenvalue weighted by Gasteiger charge is 2.17. The molecule has 1 saturated carbocycles. The summed E-state index contributed by atoms with van der Waals surface area (Å²) in [5.41, 5.74) is 4.98. The Morgan fingerprint density at radius 3 is 0.910 bits per heavy atom. The molecule has 13 nitrogen and oxygen atoms in total. The molecule has 9 aromatic rings. The molecular formula is C121H250N8O5. The van der Waals surface area contributed by atoms with Gasteiger partial charge in [-0.05, 0) is 150 Å². The maximum Gasteiger partial charge on any atom is 0.231 e. The molecule has 3 fully saturated rings. The number of benzene rings is 4. The van der Waals surface area contributed by atoms with Gasteiger partial charge in [-0.25, -0.2) is 15.0 Å². The van der Waals surface area contributed by atoms with E-state index < -0.39 is 0 Å². The van der Waals surface area contributed by atoms with Gasteiger partial charge in [0.25, 0.3) is 0 Å². The number of para-hydroxylation sites is 4. The van der Waals surface area contributed by atoms with Crippen molar-refractivity contribution in [1.29, 1.82) is 0 Å². The van der Waals surface area contributed by atoms with E-state index >= 15 is 0 Å². The molecule has 13 rings (SSSR count). The number of fused-ring (bicyclic) bond motifs is 3. The molecule has 13 heteroatoms. The van der Waals surface area contributed by atoms with E-state index in [9.17, 15) is 0 Å². The van der Waals surface area contributed by atoms with Gasteiger partial charge in [0, 0.05) is 68.2 Å². The molecule has 1 N–H and O–H groups in total. The van der Waals surface area contributed by atoms with Crippen LogP contribution in [0.1, 0.15) is 474 Å². The minimum atomic E-state index is 0. The lowest BCUT2D eigenvalue weighted by Crippen LogP contribution is -2.19. The van der Waals surface area contributed by atoms with Crippen LogP contribution in [0, 0.1) is 59.2 Å². The fourth-order valence-corrected chi connectivity index (χ4v) is 8.56. The lowest BCUT2D eigenvalue weighted by Gasteiger charge is -2.24. The third kappa shape index (κ3) is 159.